The predicted octanol–water partition coefficient (Wildman–Crippen LogP) is 2.04. The maximum absolute atomic E-state index is 12.7. The zero-order valence-electron chi connectivity index (χ0n) is 13.9. The Hall–Kier alpha value is -1.69. The summed E-state index contributed by atoms with van der Waals surface area (Å²) in [5, 5.41) is 5.91. The molecular formula is C17H23ClN4O2. The van der Waals surface area contributed by atoms with Gasteiger partial charge in [-0.25, -0.2) is 9.97 Å². The molecule has 0 spiro atoms. The summed E-state index contributed by atoms with van der Waals surface area (Å²) in [4.78, 5) is 32.8. The zero-order chi connectivity index (χ0) is 17.1. The number of aryl methyl sites for hydroxylation is 1. The van der Waals surface area contributed by atoms with Crippen molar-refractivity contribution in [3.63, 3.8) is 0 Å². The van der Waals surface area contributed by atoms with E-state index in [-0.39, 0.29) is 29.1 Å². The maximum atomic E-state index is 12.7. The third-order valence-electron chi connectivity index (χ3n) is 5.05. The van der Waals surface area contributed by atoms with Crippen LogP contribution in [0, 0.1) is 5.92 Å². The molecule has 3 rings (SSSR count). The molecule has 1 heterocycles. The molecule has 0 unspecified atom stereocenters. The highest BCUT2D eigenvalue weighted by molar-refractivity contribution is 6.28. The first kappa shape index (κ1) is 17.1. The number of hydrogen-bond acceptors (Lipinski definition) is 4. The lowest BCUT2D eigenvalue weighted by Crippen LogP contribution is -2.41. The van der Waals surface area contributed by atoms with Crippen LogP contribution < -0.4 is 10.6 Å². The average Bonchev–Trinajstić information content (AvgIpc) is 2.60. The van der Waals surface area contributed by atoms with Crippen LogP contribution in [0.25, 0.3) is 0 Å². The number of aromatic nitrogens is 2. The van der Waals surface area contributed by atoms with Gasteiger partial charge < -0.3 is 10.6 Å². The standard InChI is InChI=1S/C17H23ClN4O2/c1-19-15(23)10-6-8-11(9-7-10)20-16(24)14-12-4-2-3-5-13(12)21-17(18)22-14/h10-11H,2-9H2,1H3,(H,19,23)(H,20,24)/t10-,11-. The minimum atomic E-state index is -0.166. The van der Waals surface area contributed by atoms with Gasteiger partial charge in [-0.1, -0.05) is 0 Å². The maximum Gasteiger partial charge on any atom is 0.270 e. The van der Waals surface area contributed by atoms with Crippen molar-refractivity contribution in [1.82, 2.24) is 20.6 Å². The Morgan fingerprint density at radius 1 is 1.08 bits per heavy atom. The Bertz CT molecular complexity index is 642. The summed E-state index contributed by atoms with van der Waals surface area (Å²) < 4.78 is 0. The van der Waals surface area contributed by atoms with Gasteiger partial charge in [-0.3, -0.25) is 9.59 Å². The van der Waals surface area contributed by atoms with E-state index in [4.69, 9.17) is 11.6 Å². The summed E-state index contributed by atoms with van der Waals surface area (Å²) in [7, 11) is 1.66. The first-order valence-electron chi connectivity index (χ1n) is 8.66. The predicted molar refractivity (Wildman–Crippen MR) is 91.0 cm³/mol. The fourth-order valence-corrected chi connectivity index (χ4v) is 3.90. The van der Waals surface area contributed by atoms with Crippen LogP contribution in [-0.2, 0) is 17.6 Å². The minimum Gasteiger partial charge on any atom is -0.359 e. The summed E-state index contributed by atoms with van der Waals surface area (Å²) in [6.07, 6.45) is 7.03. The Balaban J connectivity index is 1.66. The lowest BCUT2D eigenvalue weighted by Gasteiger charge is -2.28. The number of carbonyl (C=O) groups excluding carboxylic acids is 2. The van der Waals surface area contributed by atoms with Crippen molar-refractivity contribution < 1.29 is 9.59 Å². The largest absolute Gasteiger partial charge is 0.359 e. The first-order valence-corrected chi connectivity index (χ1v) is 9.04. The second-order valence-corrected chi connectivity index (χ2v) is 6.95. The van der Waals surface area contributed by atoms with Gasteiger partial charge in [0.25, 0.3) is 5.91 Å². The van der Waals surface area contributed by atoms with Crippen LogP contribution in [-0.4, -0.2) is 34.9 Å². The topological polar surface area (TPSA) is 84.0 Å². The van der Waals surface area contributed by atoms with E-state index in [0.29, 0.717) is 5.69 Å². The monoisotopic (exact) mass is 350 g/mol. The van der Waals surface area contributed by atoms with Gasteiger partial charge >= 0.3 is 0 Å². The molecule has 6 nitrogen and oxygen atoms in total. The number of nitrogens with one attached hydrogen (secondary N) is 2. The number of hydrogen-bond donors (Lipinski definition) is 2. The SMILES string of the molecule is CNC(=O)[C@H]1CC[C@H](NC(=O)c2nc(Cl)nc3c2CCCC3)CC1. The lowest BCUT2D eigenvalue weighted by atomic mass is 9.85. The molecule has 2 aliphatic carbocycles. The van der Waals surface area contributed by atoms with Gasteiger partial charge in [-0.05, 0) is 63.0 Å². The third kappa shape index (κ3) is 3.69. The molecule has 7 heteroatoms. The summed E-state index contributed by atoms with van der Waals surface area (Å²) in [5.41, 5.74) is 2.29. The van der Waals surface area contributed by atoms with Crippen LogP contribution >= 0.6 is 11.6 Å². The molecule has 2 amide bonds. The van der Waals surface area contributed by atoms with Gasteiger partial charge in [0.05, 0.1) is 0 Å². The lowest BCUT2D eigenvalue weighted by molar-refractivity contribution is -0.125. The number of rotatable bonds is 3. The molecule has 0 aromatic carbocycles. The number of carbonyl (C=O) groups is 2. The molecule has 0 saturated heterocycles. The normalized spacial score (nSPS) is 23.2. The summed E-state index contributed by atoms with van der Waals surface area (Å²) in [6.45, 7) is 0. The van der Waals surface area contributed by atoms with Crippen molar-refractivity contribution in [2.45, 2.75) is 57.4 Å². The van der Waals surface area contributed by atoms with Crippen LogP contribution in [0.3, 0.4) is 0 Å². The van der Waals surface area contributed by atoms with E-state index in [2.05, 4.69) is 20.6 Å². The molecule has 1 saturated carbocycles. The van der Waals surface area contributed by atoms with E-state index in [0.717, 1.165) is 62.6 Å². The van der Waals surface area contributed by atoms with Crippen LogP contribution in [0.1, 0.15) is 60.3 Å². The van der Waals surface area contributed by atoms with E-state index in [1.54, 1.807) is 7.05 Å². The van der Waals surface area contributed by atoms with Crippen molar-refractivity contribution in [3.8, 4) is 0 Å². The molecule has 0 bridgehead atoms. The molecule has 2 aliphatic rings. The number of halogens is 1. The van der Waals surface area contributed by atoms with Gasteiger partial charge in [0.2, 0.25) is 11.2 Å². The molecular weight excluding hydrogens is 328 g/mol. The second kappa shape index (κ2) is 7.47. The number of amides is 2. The summed E-state index contributed by atoms with van der Waals surface area (Å²) in [6, 6.07) is 0.0892. The number of fused-ring (bicyclic) bond motifs is 1. The van der Waals surface area contributed by atoms with E-state index in [1.807, 2.05) is 0 Å². The molecule has 2 N–H and O–H groups in total. The highest BCUT2D eigenvalue weighted by Gasteiger charge is 2.28. The van der Waals surface area contributed by atoms with E-state index >= 15 is 0 Å². The zero-order valence-corrected chi connectivity index (χ0v) is 14.7. The smallest absolute Gasteiger partial charge is 0.270 e. The van der Waals surface area contributed by atoms with Gasteiger partial charge in [0.15, 0.2) is 0 Å². The molecule has 0 radical (unpaired) electrons. The molecule has 1 aromatic heterocycles. The van der Waals surface area contributed by atoms with Crippen molar-refractivity contribution in [3.05, 3.63) is 22.2 Å². The molecule has 0 atom stereocenters. The van der Waals surface area contributed by atoms with Crippen molar-refractivity contribution >= 4 is 23.4 Å². The van der Waals surface area contributed by atoms with Crippen molar-refractivity contribution in [1.29, 1.82) is 0 Å². The Morgan fingerprint density at radius 2 is 1.79 bits per heavy atom. The van der Waals surface area contributed by atoms with Crippen molar-refractivity contribution in [2.24, 2.45) is 5.92 Å². The van der Waals surface area contributed by atoms with Gasteiger partial charge in [-0.2, -0.15) is 0 Å². The number of nitrogens with zero attached hydrogens (tertiary/aromatic N) is 2. The fraction of sp³-hybridized carbons (Fsp3) is 0.647. The highest BCUT2D eigenvalue weighted by atomic mass is 35.5. The van der Waals surface area contributed by atoms with E-state index in [9.17, 15) is 9.59 Å². The van der Waals surface area contributed by atoms with E-state index in [1.165, 1.54) is 0 Å². The van der Waals surface area contributed by atoms with Crippen LogP contribution in [0.2, 0.25) is 5.28 Å². The molecule has 24 heavy (non-hydrogen) atoms. The Labute approximate surface area is 146 Å². The fourth-order valence-electron chi connectivity index (χ4n) is 3.71. The second-order valence-electron chi connectivity index (χ2n) is 6.61. The highest BCUT2D eigenvalue weighted by Crippen LogP contribution is 2.26. The van der Waals surface area contributed by atoms with Gasteiger partial charge in [-0.15, -0.1) is 0 Å². The molecule has 1 fully saturated rings. The van der Waals surface area contributed by atoms with Crippen LogP contribution in [0.5, 0.6) is 0 Å². The minimum absolute atomic E-state index is 0.0596. The van der Waals surface area contributed by atoms with Gasteiger partial charge in [0, 0.05) is 30.3 Å². The molecule has 130 valence electrons. The van der Waals surface area contributed by atoms with Crippen molar-refractivity contribution in [2.75, 3.05) is 7.05 Å². The first-order chi connectivity index (χ1) is 11.6. The average molecular weight is 351 g/mol. The Kier molecular flexibility index (Phi) is 5.33. The van der Waals surface area contributed by atoms with Gasteiger partial charge in [0.1, 0.15) is 5.69 Å². The van der Waals surface area contributed by atoms with Crippen LogP contribution in [0.4, 0.5) is 0 Å². The van der Waals surface area contributed by atoms with Crippen LogP contribution in [0.15, 0.2) is 0 Å². The third-order valence-corrected chi connectivity index (χ3v) is 5.22. The Morgan fingerprint density at radius 3 is 2.50 bits per heavy atom. The molecule has 1 aromatic rings. The molecule has 0 aliphatic heterocycles. The summed E-state index contributed by atoms with van der Waals surface area (Å²) in [5.74, 6) is -0.0123. The van der Waals surface area contributed by atoms with E-state index < -0.39 is 0 Å². The summed E-state index contributed by atoms with van der Waals surface area (Å²) >= 11 is 5.99. The quantitative estimate of drug-likeness (QED) is 0.817.